The van der Waals surface area contributed by atoms with Crippen molar-refractivity contribution in [3.05, 3.63) is 48.4 Å². The molecule has 0 unspecified atom stereocenters. The Morgan fingerprint density at radius 3 is 2.50 bits per heavy atom. The first kappa shape index (κ1) is 14.8. The van der Waals surface area contributed by atoms with E-state index in [9.17, 15) is 0 Å². The summed E-state index contributed by atoms with van der Waals surface area (Å²) in [5.74, 6) is 2.12. The van der Waals surface area contributed by atoms with Gasteiger partial charge >= 0.3 is 0 Å². The third-order valence-electron chi connectivity index (χ3n) is 4.66. The van der Waals surface area contributed by atoms with Crippen LogP contribution in [0.3, 0.4) is 0 Å². The van der Waals surface area contributed by atoms with E-state index in [0.29, 0.717) is 23.6 Å². The predicted octanol–water partition coefficient (Wildman–Crippen LogP) is 3.66. The molecule has 22 heavy (non-hydrogen) atoms. The molecular weight excluding hydrogens is 274 g/mol. The minimum Gasteiger partial charge on any atom is -0.474 e. The molecule has 2 aromatic rings. The van der Waals surface area contributed by atoms with E-state index in [0.717, 1.165) is 18.5 Å². The molecular formula is C18H23N3O. The van der Waals surface area contributed by atoms with Crippen molar-refractivity contribution < 1.29 is 4.74 Å². The summed E-state index contributed by atoms with van der Waals surface area (Å²) < 4.78 is 6.14. The zero-order chi connectivity index (χ0) is 15.5. The second kappa shape index (κ2) is 6.34. The van der Waals surface area contributed by atoms with Gasteiger partial charge in [0.2, 0.25) is 5.88 Å². The maximum Gasteiger partial charge on any atom is 0.213 e. The summed E-state index contributed by atoms with van der Waals surface area (Å²) >= 11 is 0. The molecule has 4 nitrogen and oxygen atoms in total. The predicted molar refractivity (Wildman–Crippen MR) is 87.6 cm³/mol. The standard InChI is InChI=1S/C18H23N3O/c1-12-9-14(15-6-8-20-11-16(15)19)10-13(2)18(12)22-17-5-3-4-7-21-17/h3-8,11-14,18H,9-10,19H2,1-2H3/t12-,13+,14+,18-. The number of nitrogen functional groups attached to an aromatic ring is 1. The Labute approximate surface area is 131 Å². The van der Waals surface area contributed by atoms with E-state index < -0.39 is 0 Å². The SMILES string of the molecule is C[C@@H]1C[C@H](c2ccncc2N)C[C@H](C)[C@@H]1Oc1ccccn1. The first-order valence-electron chi connectivity index (χ1n) is 7.92. The summed E-state index contributed by atoms with van der Waals surface area (Å²) in [5, 5.41) is 0. The van der Waals surface area contributed by atoms with Crippen LogP contribution in [-0.2, 0) is 0 Å². The fourth-order valence-electron chi connectivity index (χ4n) is 3.65. The number of nitrogens with zero attached hydrogens (tertiary/aromatic N) is 2. The quantitative estimate of drug-likeness (QED) is 0.939. The summed E-state index contributed by atoms with van der Waals surface area (Å²) in [5.41, 5.74) is 8.13. The van der Waals surface area contributed by atoms with Crippen molar-refractivity contribution in [3.63, 3.8) is 0 Å². The highest BCUT2D eigenvalue weighted by molar-refractivity contribution is 5.46. The highest BCUT2D eigenvalue weighted by Crippen LogP contribution is 2.42. The minimum atomic E-state index is 0.203. The number of rotatable bonds is 3. The van der Waals surface area contributed by atoms with Crippen LogP contribution in [0.2, 0.25) is 0 Å². The van der Waals surface area contributed by atoms with Crippen LogP contribution in [0.15, 0.2) is 42.9 Å². The molecule has 4 heteroatoms. The van der Waals surface area contributed by atoms with E-state index in [1.165, 1.54) is 5.56 Å². The van der Waals surface area contributed by atoms with E-state index in [-0.39, 0.29) is 6.10 Å². The molecule has 2 heterocycles. The number of hydrogen-bond donors (Lipinski definition) is 1. The van der Waals surface area contributed by atoms with Gasteiger partial charge in [-0.15, -0.1) is 0 Å². The smallest absolute Gasteiger partial charge is 0.213 e. The Hall–Kier alpha value is -2.10. The zero-order valence-electron chi connectivity index (χ0n) is 13.1. The van der Waals surface area contributed by atoms with Crippen LogP contribution in [0.5, 0.6) is 5.88 Å². The van der Waals surface area contributed by atoms with Crippen LogP contribution in [0.4, 0.5) is 5.69 Å². The van der Waals surface area contributed by atoms with Gasteiger partial charge < -0.3 is 10.5 Å². The lowest BCUT2D eigenvalue weighted by molar-refractivity contribution is 0.0426. The maximum atomic E-state index is 6.14. The van der Waals surface area contributed by atoms with Gasteiger partial charge in [0.05, 0.1) is 11.9 Å². The molecule has 0 bridgehead atoms. The topological polar surface area (TPSA) is 61.0 Å². The van der Waals surface area contributed by atoms with Gasteiger partial charge in [0.25, 0.3) is 0 Å². The Kier molecular flexibility index (Phi) is 4.27. The van der Waals surface area contributed by atoms with Gasteiger partial charge in [0.15, 0.2) is 0 Å². The number of pyridine rings is 2. The monoisotopic (exact) mass is 297 g/mol. The molecule has 116 valence electrons. The molecule has 2 N–H and O–H groups in total. The number of ether oxygens (including phenoxy) is 1. The maximum absolute atomic E-state index is 6.14. The second-order valence-electron chi connectivity index (χ2n) is 6.38. The molecule has 4 atom stereocenters. The Bertz CT molecular complexity index is 605. The van der Waals surface area contributed by atoms with Gasteiger partial charge in [-0.05, 0) is 48.3 Å². The van der Waals surface area contributed by atoms with Crippen molar-refractivity contribution in [2.45, 2.75) is 38.7 Å². The molecule has 1 saturated carbocycles. The fourth-order valence-corrected chi connectivity index (χ4v) is 3.65. The average Bonchev–Trinajstić information content (AvgIpc) is 2.52. The molecule has 1 aliphatic carbocycles. The van der Waals surface area contributed by atoms with Gasteiger partial charge in [-0.1, -0.05) is 19.9 Å². The van der Waals surface area contributed by atoms with Crippen LogP contribution >= 0.6 is 0 Å². The molecule has 3 rings (SSSR count). The first-order valence-corrected chi connectivity index (χ1v) is 7.92. The molecule has 0 amide bonds. The highest BCUT2D eigenvalue weighted by Gasteiger charge is 2.36. The number of anilines is 1. The minimum absolute atomic E-state index is 0.203. The molecule has 0 aromatic carbocycles. The van der Waals surface area contributed by atoms with Crippen LogP contribution in [-0.4, -0.2) is 16.1 Å². The lowest BCUT2D eigenvalue weighted by Crippen LogP contribution is -2.38. The Morgan fingerprint density at radius 2 is 1.86 bits per heavy atom. The number of nitrogens with two attached hydrogens (primary N) is 1. The second-order valence-corrected chi connectivity index (χ2v) is 6.38. The van der Waals surface area contributed by atoms with Crippen molar-refractivity contribution in [2.75, 3.05) is 5.73 Å². The van der Waals surface area contributed by atoms with Gasteiger partial charge in [-0.3, -0.25) is 4.98 Å². The number of aromatic nitrogens is 2. The van der Waals surface area contributed by atoms with E-state index >= 15 is 0 Å². The molecule has 0 spiro atoms. The summed E-state index contributed by atoms with van der Waals surface area (Å²) in [6.07, 6.45) is 7.72. The van der Waals surface area contributed by atoms with E-state index in [1.54, 1.807) is 12.4 Å². The summed E-state index contributed by atoms with van der Waals surface area (Å²) in [4.78, 5) is 8.37. The molecule has 1 aliphatic rings. The zero-order valence-corrected chi connectivity index (χ0v) is 13.1. The fraction of sp³-hybridized carbons (Fsp3) is 0.444. The lowest BCUT2D eigenvalue weighted by Gasteiger charge is -2.39. The van der Waals surface area contributed by atoms with E-state index in [1.807, 2.05) is 24.4 Å². The average molecular weight is 297 g/mol. The van der Waals surface area contributed by atoms with Crippen molar-refractivity contribution in [1.82, 2.24) is 9.97 Å². The van der Waals surface area contributed by atoms with Crippen molar-refractivity contribution in [3.8, 4) is 5.88 Å². The summed E-state index contributed by atoms with van der Waals surface area (Å²) in [7, 11) is 0. The van der Waals surface area contributed by atoms with E-state index in [4.69, 9.17) is 10.5 Å². The van der Waals surface area contributed by atoms with Gasteiger partial charge in [-0.25, -0.2) is 4.98 Å². The van der Waals surface area contributed by atoms with Crippen LogP contribution in [0, 0.1) is 11.8 Å². The summed E-state index contributed by atoms with van der Waals surface area (Å²) in [6.45, 7) is 4.52. The van der Waals surface area contributed by atoms with Gasteiger partial charge in [0.1, 0.15) is 6.10 Å². The van der Waals surface area contributed by atoms with Crippen molar-refractivity contribution in [2.24, 2.45) is 11.8 Å². The Balaban J connectivity index is 1.73. The van der Waals surface area contributed by atoms with Gasteiger partial charge in [-0.2, -0.15) is 0 Å². The van der Waals surface area contributed by atoms with Crippen LogP contribution in [0.1, 0.15) is 38.2 Å². The van der Waals surface area contributed by atoms with Crippen LogP contribution < -0.4 is 10.5 Å². The molecule has 0 radical (unpaired) electrons. The van der Waals surface area contributed by atoms with Crippen molar-refractivity contribution >= 4 is 5.69 Å². The largest absolute Gasteiger partial charge is 0.474 e. The lowest BCUT2D eigenvalue weighted by atomic mass is 9.72. The third kappa shape index (κ3) is 3.06. The van der Waals surface area contributed by atoms with E-state index in [2.05, 4.69) is 29.9 Å². The van der Waals surface area contributed by atoms with Gasteiger partial charge in [0, 0.05) is 18.5 Å². The summed E-state index contributed by atoms with van der Waals surface area (Å²) in [6, 6.07) is 7.84. The molecule has 0 aliphatic heterocycles. The molecule has 1 fully saturated rings. The highest BCUT2D eigenvalue weighted by atomic mass is 16.5. The van der Waals surface area contributed by atoms with Crippen LogP contribution in [0.25, 0.3) is 0 Å². The van der Waals surface area contributed by atoms with Crippen molar-refractivity contribution in [1.29, 1.82) is 0 Å². The Morgan fingerprint density at radius 1 is 1.09 bits per heavy atom. The molecule has 0 saturated heterocycles. The normalized spacial score (nSPS) is 28.3. The third-order valence-corrected chi connectivity index (χ3v) is 4.66. The molecule has 2 aromatic heterocycles. The first-order chi connectivity index (χ1) is 10.6. The number of hydrogen-bond acceptors (Lipinski definition) is 4.